The number of aromatic nitrogens is 2. The van der Waals surface area contributed by atoms with Gasteiger partial charge in [0.25, 0.3) is 5.56 Å². The second kappa shape index (κ2) is 7.39. The number of methoxy groups -OCH3 is 1. The van der Waals surface area contributed by atoms with Gasteiger partial charge in [0.05, 0.1) is 12.7 Å². The van der Waals surface area contributed by atoms with Crippen LogP contribution in [0.5, 0.6) is 11.5 Å². The van der Waals surface area contributed by atoms with Crippen molar-refractivity contribution < 1.29 is 14.3 Å². The van der Waals surface area contributed by atoms with Crippen molar-refractivity contribution in [3.63, 3.8) is 0 Å². The molecule has 1 heterocycles. The van der Waals surface area contributed by atoms with E-state index in [-0.39, 0.29) is 5.82 Å². The molecule has 0 spiro atoms. The van der Waals surface area contributed by atoms with E-state index in [1.165, 1.54) is 13.2 Å². The van der Waals surface area contributed by atoms with Crippen molar-refractivity contribution in [1.29, 1.82) is 0 Å². The molecular formula is C18H15N3O5. The summed E-state index contributed by atoms with van der Waals surface area (Å²) in [6, 6.07) is 14.7. The summed E-state index contributed by atoms with van der Waals surface area (Å²) in [6.07, 6.45) is 0. The standard InChI is InChI=1S/C18H15N3O5/c1-25-17(23)11-3-2-4-14(9-11)26-13-7-5-12(6-8-13)19-15-10-16(22)21-18(24)20-15/h2-10H,1H3,(H3,19,20,21,22,24). The second-order valence-electron chi connectivity index (χ2n) is 5.27. The normalized spacial score (nSPS) is 10.2. The Labute approximate surface area is 147 Å². The van der Waals surface area contributed by atoms with E-state index in [2.05, 4.69) is 20.0 Å². The van der Waals surface area contributed by atoms with Gasteiger partial charge in [-0.3, -0.25) is 14.8 Å². The van der Waals surface area contributed by atoms with E-state index in [9.17, 15) is 14.4 Å². The Morgan fingerprint density at radius 3 is 2.42 bits per heavy atom. The van der Waals surface area contributed by atoms with Crippen molar-refractivity contribution in [2.75, 3.05) is 12.4 Å². The van der Waals surface area contributed by atoms with E-state index in [0.29, 0.717) is 22.7 Å². The van der Waals surface area contributed by atoms with Gasteiger partial charge in [0.15, 0.2) is 0 Å². The van der Waals surface area contributed by atoms with Gasteiger partial charge in [-0.2, -0.15) is 0 Å². The Kier molecular flexibility index (Phi) is 4.84. The fourth-order valence-electron chi connectivity index (χ4n) is 2.24. The molecule has 0 radical (unpaired) electrons. The van der Waals surface area contributed by atoms with Gasteiger partial charge in [0.2, 0.25) is 0 Å². The van der Waals surface area contributed by atoms with E-state index >= 15 is 0 Å². The third kappa shape index (κ3) is 4.18. The number of aromatic amines is 2. The van der Waals surface area contributed by atoms with Crippen LogP contribution >= 0.6 is 0 Å². The minimum absolute atomic E-state index is 0.276. The Bertz CT molecular complexity index is 1010. The number of H-pyrrole nitrogens is 2. The zero-order chi connectivity index (χ0) is 18.5. The predicted octanol–water partition coefficient (Wildman–Crippen LogP) is 2.39. The van der Waals surface area contributed by atoms with Gasteiger partial charge in [-0.05, 0) is 42.5 Å². The first kappa shape index (κ1) is 17.0. The zero-order valence-corrected chi connectivity index (χ0v) is 13.7. The first-order valence-corrected chi connectivity index (χ1v) is 7.60. The van der Waals surface area contributed by atoms with Gasteiger partial charge in [0.1, 0.15) is 17.3 Å². The van der Waals surface area contributed by atoms with Crippen molar-refractivity contribution in [2.24, 2.45) is 0 Å². The minimum Gasteiger partial charge on any atom is -0.465 e. The molecule has 8 heteroatoms. The van der Waals surface area contributed by atoms with Crippen LogP contribution in [0.1, 0.15) is 10.4 Å². The zero-order valence-electron chi connectivity index (χ0n) is 13.7. The molecule has 3 aromatic rings. The molecule has 0 unspecified atom stereocenters. The number of carbonyl (C=O) groups excluding carboxylic acids is 1. The van der Waals surface area contributed by atoms with Crippen LogP contribution in [0.4, 0.5) is 11.5 Å². The summed E-state index contributed by atoms with van der Waals surface area (Å²) in [5.41, 5.74) is -0.0458. The first-order valence-electron chi connectivity index (χ1n) is 7.60. The number of esters is 1. The number of carbonyl (C=O) groups is 1. The molecule has 0 aliphatic carbocycles. The van der Waals surface area contributed by atoms with E-state index in [1.54, 1.807) is 48.5 Å². The van der Waals surface area contributed by atoms with Crippen LogP contribution in [0.2, 0.25) is 0 Å². The molecule has 2 aromatic carbocycles. The lowest BCUT2D eigenvalue weighted by molar-refractivity contribution is 0.0600. The molecule has 0 aliphatic heterocycles. The molecule has 0 atom stereocenters. The number of ether oxygens (including phenoxy) is 2. The number of nitrogens with one attached hydrogen (secondary N) is 3. The summed E-state index contributed by atoms with van der Waals surface area (Å²) >= 11 is 0. The molecule has 3 rings (SSSR count). The maximum atomic E-state index is 11.5. The molecule has 0 amide bonds. The molecule has 1 aromatic heterocycles. The van der Waals surface area contributed by atoms with Crippen molar-refractivity contribution in [3.8, 4) is 11.5 Å². The van der Waals surface area contributed by atoms with Crippen LogP contribution in [-0.2, 0) is 4.74 Å². The number of hydrogen-bond acceptors (Lipinski definition) is 6. The van der Waals surface area contributed by atoms with Crippen LogP contribution in [0.15, 0.2) is 64.2 Å². The van der Waals surface area contributed by atoms with Crippen LogP contribution in [0.3, 0.4) is 0 Å². The van der Waals surface area contributed by atoms with Crippen LogP contribution in [-0.4, -0.2) is 23.0 Å². The summed E-state index contributed by atoms with van der Waals surface area (Å²) in [5, 5.41) is 2.92. The second-order valence-corrected chi connectivity index (χ2v) is 5.27. The molecule has 26 heavy (non-hydrogen) atoms. The van der Waals surface area contributed by atoms with Crippen molar-refractivity contribution in [1.82, 2.24) is 9.97 Å². The quantitative estimate of drug-likeness (QED) is 0.607. The van der Waals surface area contributed by atoms with Gasteiger partial charge < -0.3 is 14.8 Å². The van der Waals surface area contributed by atoms with Gasteiger partial charge in [-0.15, -0.1) is 0 Å². The average Bonchev–Trinajstić information content (AvgIpc) is 2.62. The smallest absolute Gasteiger partial charge is 0.337 e. The average molecular weight is 353 g/mol. The Balaban J connectivity index is 1.73. The van der Waals surface area contributed by atoms with Gasteiger partial charge in [-0.25, -0.2) is 9.59 Å². The largest absolute Gasteiger partial charge is 0.465 e. The Morgan fingerprint density at radius 1 is 0.962 bits per heavy atom. The van der Waals surface area contributed by atoms with Gasteiger partial charge in [0, 0.05) is 11.8 Å². The highest BCUT2D eigenvalue weighted by Crippen LogP contribution is 2.24. The molecule has 132 valence electrons. The summed E-state index contributed by atoms with van der Waals surface area (Å²) in [6.45, 7) is 0. The molecular weight excluding hydrogens is 338 g/mol. The molecule has 0 bridgehead atoms. The summed E-state index contributed by atoms with van der Waals surface area (Å²) in [4.78, 5) is 38.7. The monoisotopic (exact) mass is 353 g/mol. The molecule has 0 fully saturated rings. The summed E-state index contributed by atoms with van der Waals surface area (Å²) < 4.78 is 10.4. The van der Waals surface area contributed by atoms with Gasteiger partial charge in [-0.1, -0.05) is 6.07 Å². The van der Waals surface area contributed by atoms with E-state index in [0.717, 1.165) is 0 Å². The Hall–Kier alpha value is -3.81. The predicted molar refractivity (Wildman–Crippen MR) is 95.3 cm³/mol. The molecule has 3 N–H and O–H groups in total. The van der Waals surface area contributed by atoms with Crippen molar-refractivity contribution in [3.05, 3.63) is 81.0 Å². The van der Waals surface area contributed by atoms with Crippen LogP contribution < -0.4 is 21.3 Å². The van der Waals surface area contributed by atoms with Crippen LogP contribution in [0, 0.1) is 0 Å². The summed E-state index contributed by atoms with van der Waals surface area (Å²) in [5.74, 6) is 0.879. The number of hydrogen-bond donors (Lipinski definition) is 3. The lowest BCUT2D eigenvalue weighted by Gasteiger charge is -2.09. The third-order valence-electron chi connectivity index (χ3n) is 3.38. The van der Waals surface area contributed by atoms with Crippen molar-refractivity contribution >= 4 is 17.5 Å². The number of benzene rings is 2. The number of rotatable bonds is 5. The van der Waals surface area contributed by atoms with E-state index < -0.39 is 17.2 Å². The highest BCUT2D eigenvalue weighted by molar-refractivity contribution is 5.89. The molecule has 8 nitrogen and oxygen atoms in total. The highest BCUT2D eigenvalue weighted by Gasteiger charge is 2.07. The molecule has 0 saturated heterocycles. The van der Waals surface area contributed by atoms with E-state index in [1.807, 2.05) is 0 Å². The minimum atomic E-state index is -0.592. The lowest BCUT2D eigenvalue weighted by atomic mass is 10.2. The molecule has 0 aliphatic rings. The lowest BCUT2D eigenvalue weighted by Crippen LogP contribution is -2.22. The fourth-order valence-corrected chi connectivity index (χ4v) is 2.24. The first-order chi connectivity index (χ1) is 12.5. The molecule has 0 saturated carbocycles. The SMILES string of the molecule is COC(=O)c1cccc(Oc2ccc(Nc3cc(=O)[nH]c(=O)[nH]3)cc2)c1. The highest BCUT2D eigenvalue weighted by atomic mass is 16.5. The number of anilines is 2. The maximum absolute atomic E-state index is 11.5. The van der Waals surface area contributed by atoms with Crippen LogP contribution in [0.25, 0.3) is 0 Å². The third-order valence-corrected chi connectivity index (χ3v) is 3.38. The summed E-state index contributed by atoms with van der Waals surface area (Å²) in [7, 11) is 1.31. The van der Waals surface area contributed by atoms with Crippen molar-refractivity contribution in [2.45, 2.75) is 0 Å². The topological polar surface area (TPSA) is 113 Å². The van der Waals surface area contributed by atoms with Gasteiger partial charge >= 0.3 is 11.7 Å². The fraction of sp³-hybridized carbons (Fsp3) is 0.0556. The maximum Gasteiger partial charge on any atom is 0.337 e. The Morgan fingerprint density at radius 2 is 1.73 bits per heavy atom. The van der Waals surface area contributed by atoms with E-state index in [4.69, 9.17) is 4.74 Å².